The number of benzene rings is 1. The van der Waals surface area contributed by atoms with Gasteiger partial charge in [0.1, 0.15) is 5.75 Å². The minimum atomic E-state index is 0.846. The van der Waals surface area contributed by atoms with Gasteiger partial charge in [-0.15, -0.1) is 0 Å². The van der Waals surface area contributed by atoms with Crippen LogP contribution in [-0.4, -0.2) is 13.2 Å². The highest BCUT2D eigenvalue weighted by atomic mass is 16.5. The number of unbranched alkanes of at least 4 members (excludes halogenated alkanes) is 16. The Morgan fingerprint density at radius 1 is 0.552 bits per heavy atom. The number of hydrogen-bond acceptors (Lipinski definition) is 2. The van der Waals surface area contributed by atoms with E-state index in [2.05, 4.69) is 43.4 Å². The van der Waals surface area contributed by atoms with Crippen LogP contribution in [0.3, 0.4) is 0 Å². The zero-order valence-corrected chi connectivity index (χ0v) is 19.7. The van der Waals surface area contributed by atoms with Gasteiger partial charge >= 0.3 is 0 Å². The summed E-state index contributed by atoms with van der Waals surface area (Å²) in [5.41, 5.74) is 1.16. The third-order valence-electron chi connectivity index (χ3n) is 5.75. The lowest BCUT2D eigenvalue weighted by molar-refractivity contribution is 0.304. The Hall–Kier alpha value is -1.18. The molecule has 1 aromatic carbocycles. The van der Waals surface area contributed by atoms with Gasteiger partial charge in [-0.25, -0.2) is 0 Å². The summed E-state index contributed by atoms with van der Waals surface area (Å²) in [4.78, 5) is 0. The van der Waals surface area contributed by atoms with E-state index in [1.54, 1.807) is 0 Å². The fourth-order valence-electron chi connectivity index (χ4n) is 3.89. The van der Waals surface area contributed by atoms with E-state index < -0.39 is 0 Å². The van der Waals surface area contributed by atoms with Crippen LogP contribution in [0.15, 0.2) is 24.3 Å². The van der Waals surface area contributed by atoms with Crippen molar-refractivity contribution >= 4 is 5.69 Å². The Morgan fingerprint density at radius 2 is 0.966 bits per heavy atom. The highest BCUT2D eigenvalue weighted by molar-refractivity contribution is 5.46. The third-order valence-corrected chi connectivity index (χ3v) is 5.75. The van der Waals surface area contributed by atoms with Crippen LogP contribution in [0.1, 0.15) is 123 Å². The van der Waals surface area contributed by atoms with E-state index in [0.29, 0.717) is 0 Å². The lowest BCUT2D eigenvalue weighted by atomic mass is 10.0. The molecule has 0 amide bonds. The molecular weight excluding hydrogens is 354 g/mol. The first kappa shape index (κ1) is 25.9. The van der Waals surface area contributed by atoms with Gasteiger partial charge in [-0.2, -0.15) is 0 Å². The molecule has 1 N–H and O–H groups in total. The standard InChI is InChI=1S/C27H49NO/c1-3-5-6-7-8-9-10-11-12-13-14-15-16-17-18-19-20-25-29-27-23-21-26(22-24-27)28-4-2/h21-24,28H,3-20,25H2,1-2H3. The van der Waals surface area contributed by atoms with E-state index >= 15 is 0 Å². The molecular formula is C27H49NO. The Balaban J connectivity index is 1.76. The summed E-state index contributed by atoms with van der Waals surface area (Å²) in [7, 11) is 0. The molecule has 2 heteroatoms. The number of rotatable bonds is 21. The maximum absolute atomic E-state index is 5.84. The number of anilines is 1. The first-order valence-electron chi connectivity index (χ1n) is 12.8. The van der Waals surface area contributed by atoms with Crippen LogP contribution < -0.4 is 10.1 Å². The SMILES string of the molecule is CCCCCCCCCCCCCCCCCCCOc1ccc(NCC)cc1. The quantitative estimate of drug-likeness (QED) is 0.207. The van der Waals surface area contributed by atoms with Crippen molar-refractivity contribution in [3.8, 4) is 5.75 Å². The summed E-state index contributed by atoms with van der Waals surface area (Å²) in [6, 6.07) is 8.30. The fraction of sp³-hybridized carbons (Fsp3) is 0.778. The molecule has 0 radical (unpaired) electrons. The molecule has 0 aliphatic heterocycles. The van der Waals surface area contributed by atoms with Crippen LogP contribution in [0.4, 0.5) is 5.69 Å². The molecule has 168 valence electrons. The van der Waals surface area contributed by atoms with Gasteiger partial charge in [-0.1, -0.05) is 110 Å². The van der Waals surface area contributed by atoms with E-state index in [1.165, 1.54) is 109 Å². The van der Waals surface area contributed by atoms with Crippen LogP contribution in [-0.2, 0) is 0 Å². The molecule has 0 aliphatic rings. The summed E-state index contributed by atoms with van der Waals surface area (Å²) in [6.07, 6.45) is 24.0. The van der Waals surface area contributed by atoms with E-state index in [9.17, 15) is 0 Å². The maximum Gasteiger partial charge on any atom is 0.119 e. The minimum Gasteiger partial charge on any atom is -0.494 e. The predicted octanol–water partition coefficient (Wildman–Crippen LogP) is 9.15. The second kappa shape index (κ2) is 20.1. The minimum absolute atomic E-state index is 0.846. The van der Waals surface area contributed by atoms with Crippen molar-refractivity contribution in [2.75, 3.05) is 18.5 Å². The smallest absolute Gasteiger partial charge is 0.119 e. The fourth-order valence-corrected chi connectivity index (χ4v) is 3.89. The van der Waals surface area contributed by atoms with E-state index in [0.717, 1.165) is 24.6 Å². The monoisotopic (exact) mass is 403 g/mol. The number of hydrogen-bond donors (Lipinski definition) is 1. The summed E-state index contributed by atoms with van der Waals surface area (Å²) in [6.45, 7) is 6.21. The molecule has 0 unspecified atom stereocenters. The Labute approximate surface area is 182 Å². The molecule has 2 nitrogen and oxygen atoms in total. The molecule has 1 rings (SSSR count). The highest BCUT2D eigenvalue weighted by Gasteiger charge is 1.97. The van der Waals surface area contributed by atoms with Crippen LogP contribution in [0.2, 0.25) is 0 Å². The van der Waals surface area contributed by atoms with Gasteiger partial charge in [0.25, 0.3) is 0 Å². The highest BCUT2D eigenvalue weighted by Crippen LogP contribution is 2.17. The Morgan fingerprint density at radius 3 is 1.38 bits per heavy atom. The molecule has 1 aromatic rings. The second-order valence-electron chi connectivity index (χ2n) is 8.56. The first-order valence-corrected chi connectivity index (χ1v) is 12.8. The molecule has 0 aliphatic carbocycles. The lowest BCUT2D eigenvalue weighted by Gasteiger charge is -2.08. The van der Waals surface area contributed by atoms with E-state index in [-0.39, 0.29) is 0 Å². The molecule has 0 bridgehead atoms. The average Bonchev–Trinajstić information content (AvgIpc) is 2.74. The number of nitrogens with one attached hydrogen (secondary N) is 1. The van der Waals surface area contributed by atoms with Crippen LogP contribution in [0, 0.1) is 0 Å². The van der Waals surface area contributed by atoms with Gasteiger partial charge in [-0.05, 0) is 37.6 Å². The van der Waals surface area contributed by atoms with Crippen molar-refractivity contribution in [1.82, 2.24) is 0 Å². The van der Waals surface area contributed by atoms with Gasteiger partial charge in [0.15, 0.2) is 0 Å². The molecule has 29 heavy (non-hydrogen) atoms. The van der Waals surface area contributed by atoms with Gasteiger partial charge in [-0.3, -0.25) is 0 Å². The molecule has 0 saturated heterocycles. The Kier molecular flexibility index (Phi) is 17.9. The summed E-state index contributed by atoms with van der Waals surface area (Å²) in [5, 5.41) is 3.31. The zero-order valence-electron chi connectivity index (χ0n) is 19.7. The third kappa shape index (κ3) is 16.3. The zero-order chi connectivity index (χ0) is 20.8. The molecule has 0 spiro atoms. The van der Waals surface area contributed by atoms with Crippen molar-refractivity contribution in [3.05, 3.63) is 24.3 Å². The topological polar surface area (TPSA) is 21.3 Å². The van der Waals surface area contributed by atoms with Crippen molar-refractivity contribution < 1.29 is 4.74 Å². The largest absolute Gasteiger partial charge is 0.494 e. The van der Waals surface area contributed by atoms with E-state index in [4.69, 9.17) is 4.74 Å². The van der Waals surface area contributed by atoms with E-state index in [1.807, 2.05) is 0 Å². The number of ether oxygens (including phenoxy) is 1. The molecule has 0 fully saturated rings. The summed E-state index contributed by atoms with van der Waals surface area (Å²) >= 11 is 0. The molecule has 0 saturated carbocycles. The maximum atomic E-state index is 5.84. The van der Waals surface area contributed by atoms with Crippen molar-refractivity contribution in [2.24, 2.45) is 0 Å². The van der Waals surface area contributed by atoms with Crippen molar-refractivity contribution in [3.63, 3.8) is 0 Å². The lowest BCUT2D eigenvalue weighted by Crippen LogP contribution is -1.99. The molecule has 0 heterocycles. The van der Waals surface area contributed by atoms with Gasteiger partial charge in [0.2, 0.25) is 0 Å². The van der Waals surface area contributed by atoms with Gasteiger partial charge < -0.3 is 10.1 Å². The van der Waals surface area contributed by atoms with Crippen LogP contribution >= 0.6 is 0 Å². The summed E-state index contributed by atoms with van der Waals surface area (Å²) < 4.78 is 5.84. The van der Waals surface area contributed by atoms with Gasteiger partial charge in [0, 0.05) is 12.2 Å². The predicted molar refractivity (Wildman–Crippen MR) is 130 cm³/mol. The molecule has 0 aromatic heterocycles. The van der Waals surface area contributed by atoms with Gasteiger partial charge in [0.05, 0.1) is 6.61 Å². The molecule has 0 atom stereocenters. The van der Waals surface area contributed by atoms with Crippen molar-refractivity contribution in [2.45, 2.75) is 123 Å². The average molecular weight is 404 g/mol. The Bertz CT molecular complexity index is 442. The summed E-state index contributed by atoms with van der Waals surface area (Å²) in [5.74, 6) is 0.989. The van der Waals surface area contributed by atoms with Crippen molar-refractivity contribution in [1.29, 1.82) is 0 Å². The normalized spacial score (nSPS) is 11.0. The second-order valence-corrected chi connectivity index (χ2v) is 8.56. The first-order chi connectivity index (χ1) is 14.4. The van der Waals surface area contributed by atoms with Crippen LogP contribution in [0.5, 0.6) is 5.75 Å². The van der Waals surface area contributed by atoms with Crippen LogP contribution in [0.25, 0.3) is 0 Å².